The minimum Gasteiger partial charge on any atom is -0.383 e. The largest absolute Gasteiger partial charge is 0.383 e. The zero-order chi connectivity index (χ0) is 14.2. The van der Waals surface area contributed by atoms with Crippen LogP contribution in [0.5, 0.6) is 0 Å². The zero-order valence-electron chi connectivity index (χ0n) is 10.5. The summed E-state index contributed by atoms with van der Waals surface area (Å²) in [5.74, 6) is 0. The molecule has 2 heterocycles. The van der Waals surface area contributed by atoms with Gasteiger partial charge in [0.2, 0.25) is 0 Å². The van der Waals surface area contributed by atoms with Crippen LogP contribution in [0.1, 0.15) is 6.42 Å². The highest BCUT2D eigenvalue weighted by Crippen LogP contribution is 2.35. The quantitative estimate of drug-likeness (QED) is 0.919. The average Bonchev–Trinajstić information content (AvgIpc) is 2.75. The zero-order valence-corrected chi connectivity index (χ0v) is 12.9. The van der Waals surface area contributed by atoms with Crippen molar-refractivity contribution in [1.29, 1.82) is 0 Å². The first-order valence-corrected chi connectivity index (χ1v) is 8.83. The van der Waals surface area contributed by atoms with Crippen molar-refractivity contribution in [3.05, 3.63) is 40.7 Å². The van der Waals surface area contributed by atoms with E-state index in [1.54, 1.807) is 12.1 Å². The van der Waals surface area contributed by atoms with Crippen molar-refractivity contribution in [2.45, 2.75) is 10.6 Å². The molecule has 1 aromatic carbocycles. The molecular formula is C13H13ClN2O2S2. The van der Waals surface area contributed by atoms with Crippen LogP contribution in [-0.2, 0) is 10.0 Å². The number of rotatable bonds is 2. The fourth-order valence-electron chi connectivity index (χ4n) is 2.20. The van der Waals surface area contributed by atoms with Gasteiger partial charge in [-0.1, -0.05) is 23.7 Å². The number of fused-ring (bicyclic) bond motifs is 1. The van der Waals surface area contributed by atoms with Gasteiger partial charge in [0.25, 0.3) is 10.0 Å². The van der Waals surface area contributed by atoms with Crippen LogP contribution in [-0.4, -0.2) is 21.5 Å². The Kier molecular flexibility index (Phi) is 3.62. The molecule has 0 unspecified atom stereocenters. The molecule has 2 aromatic rings. The highest BCUT2D eigenvalue weighted by atomic mass is 35.5. The average molecular weight is 329 g/mol. The fourth-order valence-corrected chi connectivity index (χ4v) is 5.32. The number of nitrogens with zero attached hydrogens (tertiary/aromatic N) is 1. The van der Waals surface area contributed by atoms with Crippen molar-refractivity contribution in [3.8, 4) is 0 Å². The van der Waals surface area contributed by atoms with E-state index in [4.69, 9.17) is 11.6 Å². The number of hydrogen-bond acceptors (Lipinski definition) is 4. The van der Waals surface area contributed by atoms with Gasteiger partial charge in [-0.2, -0.15) is 0 Å². The van der Waals surface area contributed by atoms with E-state index < -0.39 is 10.0 Å². The second-order valence-electron chi connectivity index (χ2n) is 4.43. The second kappa shape index (κ2) is 5.27. The molecule has 106 valence electrons. The smallest absolute Gasteiger partial charge is 0.273 e. The number of para-hydroxylation sites is 2. The van der Waals surface area contributed by atoms with Crippen LogP contribution in [0.4, 0.5) is 11.4 Å². The molecule has 7 heteroatoms. The van der Waals surface area contributed by atoms with Crippen molar-refractivity contribution >= 4 is 44.3 Å². The summed E-state index contributed by atoms with van der Waals surface area (Å²) in [6.07, 6.45) is 0.757. The Hall–Kier alpha value is -1.24. The lowest BCUT2D eigenvalue weighted by atomic mass is 10.2. The summed E-state index contributed by atoms with van der Waals surface area (Å²) in [6, 6.07) is 10.6. The summed E-state index contributed by atoms with van der Waals surface area (Å²) < 4.78 is 27.7. The van der Waals surface area contributed by atoms with E-state index >= 15 is 0 Å². The molecule has 4 nitrogen and oxygen atoms in total. The van der Waals surface area contributed by atoms with Gasteiger partial charge in [0.05, 0.1) is 15.7 Å². The van der Waals surface area contributed by atoms with Gasteiger partial charge in [0.15, 0.2) is 0 Å². The standard InChI is InChI=1S/C13H13ClN2O2S2/c14-12-6-7-13(19-12)20(17,18)16-9-3-8-15-10-4-1-2-5-11(10)16/h1-2,4-7,15H,3,8-9H2. The Morgan fingerprint density at radius 1 is 1.20 bits per heavy atom. The number of nitrogens with one attached hydrogen (secondary N) is 1. The van der Waals surface area contributed by atoms with E-state index in [9.17, 15) is 8.42 Å². The Labute approximate surface area is 127 Å². The van der Waals surface area contributed by atoms with Crippen molar-refractivity contribution in [2.75, 3.05) is 22.7 Å². The van der Waals surface area contributed by atoms with Crippen LogP contribution in [0.15, 0.2) is 40.6 Å². The van der Waals surface area contributed by atoms with Crippen LogP contribution in [0.2, 0.25) is 4.34 Å². The van der Waals surface area contributed by atoms with Crippen molar-refractivity contribution in [2.24, 2.45) is 0 Å². The molecule has 0 fully saturated rings. The first kappa shape index (κ1) is 13.7. The van der Waals surface area contributed by atoms with Crippen LogP contribution in [0.25, 0.3) is 0 Å². The van der Waals surface area contributed by atoms with Crippen molar-refractivity contribution in [1.82, 2.24) is 0 Å². The van der Waals surface area contributed by atoms with E-state index in [2.05, 4.69) is 5.32 Å². The molecule has 0 saturated carbocycles. The van der Waals surface area contributed by atoms with Crippen LogP contribution < -0.4 is 9.62 Å². The highest BCUT2D eigenvalue weighted by molar-refractivity contribution is 7.94. The third kappa shape index (κ3) is 2.39. The minimum absolute atomic E-state index is 0.277. The van der Waals surface area contributed by atoms with Crippen molar-refractivity contribution in [3.63, 3.8) is 0 Å². The molecule has 1 aromatic heterocycles. The van der Waals surface area contributed by atoms with E-state index in [1.807, 2.05) is 24.3 Å². The second-order valence-corrected chi connectivity index (χ2v) is 8.24. The molecule has 0 radical (unpaired) electrons. The minimum atomic E-state index is -3.55. The molecule has 0 bridgehead atoms. The van der Waals surface area contributed by atoms with Crippen LogP contribution >= 0.6 is 22.9 Å². The molecule has 1 aliphatic rings. The molecular weight excluding hydrogens is 316 g/mol. The number of benzene rings is 1. The number of halogens is 1. The maximum atomic E-state index is 12.8. The Morgan fingerprint density at radius 2 is 2.00 bits per heavy atom. The topological polar surface area (TPSA) is 49.4 Å². The Bertz CT molecular complexity index is 727. The highest BCUT2D eigenvalue weighted by Gasteiger charge is 2.29. The molecule has 20 heavy (non-hydrogen) atoms. The summed E-state index contributed by atoms with van der Waals surface area (Å²) in [7, 11) is -3.55. The lowest BCUT2D eigenvalue weighted by Gasteiger charge is -2.23. The number of thiophene rings is 1. The molecule has 3 rings (SSSR count). The van der Waals surface area contributed by atoms with Gasteiger partial charge in [0.1, 0.15) is 4.21 Å². The van der Waals surface area contributed by atoms with Gasteiger partial charge < -0.3 is 5.32 Å². The van der Waals surface area contributed by atoms with Gasteiger partial charge in [-0.15, -0.1) is 11.3 Å². The van der Waals surface area contributed by atoms with Crippen LogP contribution in [0.3, 0.4) is 0 Å². The molecule has 0 amide bonds. The van der Waals surface area contributed by atoms with Gasteiger partial charge in [-0.3, -0.25) is 4.31 Å². The summed E-state index contributed by atoms with van der Waals surface area (Å²) in [5.41, 5.74) is 1.53. The summed E-state index contributed by atoms with van der Waals surface area (Å²) in [4.78, 5) is 0. The van der Waals surface area contributed by atoms with Crippen LogP contribution in [0, 0.1) is 0 Å². The molecule has 0 atom stereocenters. The fraction of sp³-hybridized carbons (Fsp3) is 0.231. The SMILES string of the molecule is O=S(=O)(c1ccc(Cl)s1)N1CCCNc2ccccc21. The number of hydrogen-bond donors (Lipinski definition) is 1. The number of anilines is 2. The molecule has 0 saturated heterocycles. The summed E-state index contributed by atoms with van der Waals surface area (Å²) >= 11 is 6.95. The van der Waals surface area contributed by atoms with E-state index in [1.165, 1.54) is 4.31 Å². The lowest BCUT2D eigenvalue weighted by Crippen LogP contribution is -2.31. The molecule has 1 aliphatic heterocycles. The molecule has 0 aliphatic carbocycles. The van der Waals surface area contributed by atoms with E-state index in [-0.39, 0.29) is 4.21 Å². The number of sulfonamides is 1. The summed E-state index contributed by atoms with van der Waals surface area (Å²) in [5, 5.41) is 3.26. The van der Waals surface area contributed by atoms with Gasteiger partial charge in [-0.25, -0.2) is 8.42 Å². The maximum Gasteiger partial charge on any atom is 0.273 e. The molecule has 0 spiro atoms. The van der Waals surface area contributed by atoms with E-state index in [0.717, 1.165) is 30.0 Å². The normalized spacial score (nSPS) is 15.3. The third-order valence-corrected chi connectivity index (χ3v) is 6.63. The maximum absolute atomic E-state index is 12.8. The lowest BCUT2D eigenvalue weighted by molar-refractivity contribution is 0.592. The molecule has 1 N–H and O–H groups in total. The first-order chi connectivity index (χ1) is 9.59. The predicted octanol–water partition coefficient (Wildman–Crippen LogP) is 3.41. The third-order valence-electron chi connectivity index (χ3n) is 3.12. The van der Waals surface area contributed by atoms with Crippen molar-refractivity contribution < 1.29 is 8.42 Å². The monoisotopic (exact) mass is 328 g/mol. The van der Waals surface area contributed by atoms with Gasteiger partial charge >= 0.3 is 0 Å². The summed E-state index contributed by atoms with van der Waals surface area (Å²) in [6.45, 7) is 1.22. The van der Waals surface area contributed by atoms with Gasteiger partial charge in [-0.05, 0) is 30.7 Å². The first-order valence-electron chi connectivity index (χ1n) is 6.20. The Morgan fingerprint density at radius 3 is 2.75 bits per heavy atom. The van der Waals surface area contributed by atoms with E-state index in [0.29, 0.717) is 16.6 Å². The predicted molar refractivity (Wildman–Crippen MR) is 83.4 cm³/mol. The Balaban J connectivity index is 2.09. The van der Waals surface area contributed by atoms with Gasteiger partial charge in [0, 0.05) is 13.1 Å².